The van der Waals surface area contributed by atoms with Crippen LogP contribution in [0.5, 0.6) is 0 Å². The molecule has 30 heavy (non-hydrogen) atoms. The van der Waals surface area contributed by atoms with Crippen LogP contribution in [0.2, 0.25) is 0 Å². The Morgan fingerprint density at radius 3 is 2.30 bits per heavy atom. The first-order valence-corrected chi connectivity index (χ1v) is 12.7. The van der Waals surface area contributed by atoms with Gasteiger partial charge in [0.1, 0.15) is 0 Å². The summed E-state index contributed by atoms with van der Waals surface area (Å²) in [7, 11) is 0. The number of rotatable bonds is 6. The molecular weight excluding hydrogens is 380 g/mol. The van der Waals surface area contributed by atoms with Crippen LogP contribution in [0, 0.1) is 26.7 Å². The fourth-order valence-corrected chi connectivity index (χ4v) is 5.53. The minimum absolute atomic E-state index is 0.368. The van der Waals surface area contributed by atoms with Crippen molar-refractivity contribution in [2.24, 2.45) is 5.92 Å². The minimum atomic E-state index is 0.368. The van der Waals surface area contributed by atoms with Crippen molar-refractivity contribution in [3.63, 3.8) is 0 Å². The molecular formula is C29H38S. The molecule has 0 spiro atoms. The van der Waals surface area contributed by atoms with Crippen LogP contribution in [0.25, 0.3) is 4.91 Å². The van der Waals surface area contributed by atoms with Gasteiger partial charge < -0.3 is 0 Å². The molecule has 2 aromatic carbocycles. The van der Waals surface area contributed by atoms with Gasteiger partial charge in [0.25, 0.3) is 0 Å². The Bertz CT molecular complexity index is 961. The van der Waals surface area contributed by atoms with E-state index in [0.29, 0.717) is 5.92 Å². The second kappa shape index (κ2) is 10.1. The lowest BCUT2D eigenvalue weighted by Gasteiger charge is -2.21. The van der Waals surface area contributed by atoms with Crippen molar-refractivity contribution in [1.29, 1.82) is 0 Å². The number of allylic oxidation sites excluding steroid dienone is 2. The maximum atomic E-state index is 4.51. The van der Waals surface area contributed by atoms with Gasteiger partial charge in [0.2, 0.25) is 0 Å². The fourth-order valence-electron chi connectivity index (χ4n) is 4.67. The predicted molar refractivity (Wildman–Crippen MR) is 136 cm³/mol. The second-order valence-corrected chi connectivity index (χ2v) is 10.00. The lowest BCUT2D eigenvalue weighted by molar-refractivity contribution is 0.711. The van der Waals surface area contributed by atoms with Gasteiger partial charge in [0, 0.05) is 4.91 Å². The third-order valence-corrected chi connectivity index (χ3v) is 8.02. The molecule has 0 aromatic heterocycles. The van der Waals surface area contributed by atoms with Gasteiger partial charge in [-0.3, -0.25) is 0 Å². The van der Waals surface area contributed by atoms with Crippen LogP contribution in [-0.2, 0) is 19.3 Å². The normalized spacial score (nSPS) is 15.8. The zero-order chi connectivity index (χ0) is 21.8. The summed E-state index contributed by atoms with van der Waals surface area (Å²) in [5, 5.41) is 0. The molecule has 0 N–H and O–H groups in total. The Labute approximate surface area is 188 Å². The number of fused-ring (bicyclic) bond motifs is 1. The fraction of sp³-hybridized carbons (Fsp3) is 0.448. The van der Waals surface area contributed by atoms with Gasteiger partial charge in [-0.15, -0.1) is 11.8 Å². The molecule has 0 nitrogen and oxygen atoms in total. The van der Waals surface area contributed by atoms with Gasteiger partial charge in [-0.25, -0.2) is 0 Å². The lowest BCUT2D eigenvalue weighted by atomic mass is 9.87. The number of hydrogen-bond acceptors (Lipinski definition) is 1. The lowest BCUT2D eigenvalue weighted by Crippen LogP contribution is -2.06. The van der Waals surface area contributed by atoms with Crippen LogP contribution in [0.3, 0.4) is 0 Å². The molecule has 1 atom stereocenters. The van der Waals surface area contributed by atoms with Crippen molar-refractivity contribution in [1.82, 2.24) is 0 Å². The highest BCUT2D eigenvalue weighted by Gasteiger charge is 2.17. The smallest absolute Gasteiger partial charge is 0.0137 e. The third kappa shape index (κ3) is 5.11. The highest BCUT2D eigenvalue weighted by molar-refractivity contribution is 8.07. The summed E-state index contributed by atoms with van der Waals surface area (Å²) in [5.41, 5.74) is 12.8. The van der Waals surface area contributed by atoms with E-state index >= 15 is 0 Å². The van der Waals surface area contributed by atoms with Crippen molar-refractivity contribution < 1.29 is 0 Å². The Balaban J connectivity index is 1.86. The molecule has 0 bridgehead atoms. The Kier molecular flexibility index (Phi) is 7.69. The summed E-state index contributed by atoms with van der Waals surface area (Å²) < 4.78 is 0. The topological polar surface area (TPSA) is 0 Å². The van der Waals surface area contributed by atoms with Crippen molar-refractivity contribution >= 4 is 16.7 Å². The molecule has 1 aliphatic rings. The Morgan fingerprint density at radius 1 is 0.933 bits per heavy atom. The predicted octanol–water partition coefficient (Wildman–Crippen LogP) is 8.41. The summed E-state index contributed by atoms with van der Waals surface area (Å²) in [6.45, 7) is 15.8. The molecule has 1 aliphatic carbocycles. The largest absolute Gasteiger partial charge is 0.129 e. The highest BCUT2D eigenvalue weighted by Crippen LogP contribution is 2.36. The molecule has 0 saturated heterocycles. The van der Waals surface area contributed by atoms with E-state index < -0.39 is 0 Å². The van der Waals surface area contributed by atoms with E-state index in [1.165, 1.54) is 76.0 Å². The van der Waals surface area contributed by atoms with Gasteiger partial charge >= 0.3 is 0 Å². The average Bonchev–Trinajstić information content (AvgIpc) is 2.96. The van der Waals surface area contributed by atoms with Gasteiger partial charge in [-0.2, -0.15) is 0 Å². The first-order valence-electron chi connectivity index (χ1n) is 11.4. The SMILES string of the molecule is C=C(Cc1cc(C)c(C)cc1C)C(C)/C(C)=C(\SC)c1ccc2c(c1)CCCCC2. The molecule has 1 unspecified atom stereocenters. The van der Waals surface area contributed by atoms with Crippen molar-refractivity contribution in [2.45, 2.75) is 73.1 Å². The Hall–Kier alpha value is -1.73. The number of benzene rings is 2. The molecule has 0 aliphatic heterocycles. The van der Waals surface area contributed by atoms with E-state index in [0.717, 1.165) is 6.42 Å². The van der Waals surface area contributed by atoms with Crippen molar-refractivity contribution in [3.05, 3.63) is 87.0 Å². The van der Waals surface area contributed by atoms with E-state index in [2.05, 4.69) is 77.8 Å². The standard InChI is InChI=1S/C29H38S/c1-19-15-22(4)28(16-20(19)2)17-21(3)23(5)24(6)29(30-7)27-14-13-25-11-9-8-10-12-26(25)18-27/h13-16,18,23H,3,8-12,17H2,1-2,4-7H3/b29-24-. The van der Waals surface area contributed by atoms with Crippen molar-refractivity contribution in [3.8, 4) is 0 Å². The second-order valence-electron chi connectivity index (χ2n) is 9.18. The van der Waals surface area contributed by atoms with E-state index in [9.17, 15) is 0 Å². The molecule has 2 aromatic rings. The average molecular weight is 419 g/mol. The number of thioether (sulfide) groups is 1. The van der Waals surface area contributed by atoms with Crippen LogP contribution in [0.4, 0.5) is 0 Å². The first kappa shape index (κ1) is 22.9. The summed E-state index contributed by atoms with van der Waals surface area (Å²) in [5.74, 6) is 0.368. The monoisotopic (exact) mass is 418 g/mol. The number of hydrogen-bond donors (Lipinski definition) is 0. The summed E-state index contributed by atoms with van der Waals surface area (Å²) in [4.78, 5) is 1.42. The summed E-state index contributed by atoms with van der Waals surface area (Å²) >= 11 is 1.89. The van der Waals surface area contributed by atoms with E-state index in [4.69, 9.17) is 0 Å². The summed E-state index contributed by atoms with van der Waals surface area (Å²) in [6.07, 6.45) is 9.68. The maximum absolute atomic E-state index is 4.51. The Morgan fingerprint density at radius 2 is 1.60 bits per heavy atom. The quantitative estimate of drug-likeness (QED) is 0.335. The first-order chi connectivity index (χ1) is 14.3. The summed E-state index contributed by atoms with van der Waals surface area (Å²) in [6, 6.07) is 11.9. The van der Waals surface area contributed by atoms with Crippen LogP contribution >= 0.6 is 11.8 Å². The molecule has 0 fully saturated rings. The van der Waals surface area contributed by atoms with Crippen LogP contribution in [0.15, 0.2) is 48.1 Å². The van der Waals surface area contributed by atoms with E-state index in [1.807, 2.05) is 11.8 Å². The molecule has 3 rings (SSSR count). The number of aryl methyl sites for hydroxylation is 5. The molecule has 0 radical (unpaired) electrons. The molecule has 1 heteroatoms. The van der Waals surface area contributed by atoms with Gasteiger partial charge in [0.05, 0.1) is 0 Å². The van der Waals surface area contributed by atoms with Gasteiger partial charge in [-0.05, 0) is 111 Å². The molecule has 160 valence electrons. The van der Waals surface area contributed by atoms with Crippen LogP contribution in [-0.4, -0.2) is 6.26 Å². The third-order valence-electron chi connectivity index (χ3n) is 7.05. The minimum Gasteiger partial charge on any atom is -0.129 e. The molecule has 0 saturated carbocycles. The zero-order valence-corrected chi connectivity index (χ0v) is 20.6. The highest BCUT2D eigenvalue weighted by atomic mass is 32.2. The van der Waals surface area contributed by atoms with Crippen LogP contribution in [0.1, 0.15) is 72.1 Å². The zero-order valence-electron chi connectivity index (χ0n) is 19.8. The van der Waals surface area contributed by atoms with E-state index in [1.54, 1.807) is 11.1 Å². The van der Waals surface area contributed by atoms with E-state index in [-0.39, 0.29) is 0 Å². The van der Waals surface area contributed by atoms with Gasteiger partial charge in [-0.1, -0.05) is 61.4 Å². The van der Waals surface area contributed by atoms with Crippen molar-refractivity contribution in [2.75, 3.05) is 6.26 Å². The molecule has 0 heterocycles. The maximum Gasteiger partial charge on any atom is 0.0137 e. The van der Waals surface area contributed by atoms with Crippen LogP contribution < -0.4 is 0 Å². The molecule has 0 amide bonds. The van der Waals surface area contributed by atoms with Gasteiger partial charge in [0.15, 0.2) is 0 Å².